The number of amides is 2. The number of nitrogens with two attached hydrogens (primary N) is 1. The molecule has 0 spiro atoms. The molecule has 0 aliphatic rings. The van der Waals surface area contributed by atoms with Crippen molar-refractivity contribution in [3.63, 3.8) is 0 Å². The van der Waals surface area contributed by atoms with Crippen LogP contribution in [0.2, 0.25) is 0 Å². The summed E-state index contributed by atoms with van der Waals surface area (Å²) < 4.78 is 14.1. The van der Waals surface area contributed by atoms with Crippen molar-refractivity contribution >= 4 is 34.1 Å². The molecule has 0 aliphatic carbocycles. The van der Waals surface area contributed by atoms with Gasteiger partial charge in [-0.3, -0.25) is 18.7 Å². The Morgan fingerprint density at radius 3 is 2.75 bits per heavy atom. The molecule has 5 aromatic rings. The Morgan fingerprint density at radius 1 is 1.06 bits per heavy atom. The minimum Gasteiger partial charge on any atom is -0.491 e. The number of hydrogen-bond acceptors (Lipinski definition) is 6. The molecule has 0 saturated carbocycles. The highest BCUT2D eigenvalue weighted by atomic mass is 16.5. The van der Waals surface area contributed by atoms with Crippen LogP contribution in [0, 0.1) is 0 Å². The van der Waals surface area contributed by atoms with Gasteiger partial charge < -0.3 is 20.5 Å². The fourth-order valence-electron chi connectivity index (χ4n) is 3.98. The molecule has 0 radical (unpaired) electrons. The van der Waals surface area contributed by atoms with Crippen molar-refractivity contribution in [2.45, 2.75) is 6.54 Å². The van der Waals surface area contributed by atoms with Gasteiger partial charge in [-0.15, -0.1) is 0 Å². The zero-order valence-electron chi connectivity index (χ0n) is 19.5. The third kappa shape index (κ3) is 4.62. The van der Waals surface area contributed by atoms with Crippen molar-refractivity contribution in [3.05, 3.63) is 90.0 Å². The van der Waals surface area contributed by atoms with Gasteiger partial charge in [0.2, 0.25) is 5.91 Å². The number of imidazole rings is 1. The summed E-state index contributed by atoms with van der Waals surface area (Å²) in [5, 5.41) is 8.26. The van der Waals surface area contributed by atoms with Crippen LogP contribution in [0.4, 0.5) is 5.69 Å². The Labute approximate surface area is 206 Å². The molecule has 182 valence electrons. The molecule has 0 saturated heterocycles. The van der Waals surface area contributed by atoms with Crippen molar-refractivity contribution < 1.29 is 19.1 Å². The van der Waals surface area contributed by atoms with Crippen LogP contribution in [0.3, 0.4) is 0 Å². The smallest absolute Gasteiger partial charge is 0.274 e. The van der Waals surface area contributed by atoms with E-state index >= 15 is 0 Å². The van der Waals surface area contributed by atoms with Gasteiger partial charge in [0.25, 0.3) is 5.91 Å². The molecule has 0 atom stereocenters. The molecule has 10 heteroatoms. The summed E-state index contributed by atoms with van der Waals surface area (Å²) in [6.45, 7) is 1.36. The molecule has 0 bridgehead atoms. The molecule has 3 N–H and O–H groups in total. The number of ether oxygens (including phenoxy) is 2. The Hall–Kier alpha value is -4.70. The average molecular weight is 485 g/mol. The summed E-state index contributed by atoms with van der Waals surface area (Å²) in [6, 6.07) is 16.3. The highest BCUT2D eigenvalue weighted by molar-refractivity contribution is 6.08. The predicted octanol–water partition coefficient (Wildman–Crippen LogP) is 3.11. The van der Waals surface area contributed by atoms with Gasteiger partial charge in [-0.25, -0.2) is 4.98 Å². The van der Waals surface area contributed by atoms with E-state index in [1.54, 1.807) is 54.2 Å². The number of benzene rings is 2. The second kappa shape index (κ2) is 9.88. The lowest BCUT2D eigenvalue weighted by molar-refractivity contribution is 0.0997. The van der Waals surface area contributed by atoms with Gasteiger partial charge in [0.1, 0.15) is 23.7 Å². The van der Waals surface area contributed by atoms with Gasteiger partial charge in [0, 0.05) is 30.3 Å². The van der Waals surface area contributed by atoms with E-state index in [-0.39, 0.29) is 5.91 Å². The lowest BCUT2D eigenvalue weighted by atomic mass is 10.1. The first kappa shape index (κ1) is 23.1. The maximum absolute atomic E-state index is 13.1. The number of pyridine rings is 1. The van der Waals surface area contributed by atoms with Crippen molar-refractivity contribution in [3.8, 4) is 5.75 Å². The van der Waals surface area contributed by atoms with Crippen LogP contribution < -0.4 is 15.8 Å². The topological polar surface area (TPSA) is 126 Å². The van der Waals surface area contributed by atoms with E-state index in [4.69, 9.17) is 15.2 Å². The third-order valence-corrected chi connectivity index (χ3v) is 5.75. The number of carbonyl (C=O) groups excluding carboxylic acids is 2. The van der Waals surface area contributed by atoms with Crippen LogP contribution in [0.25, 0.3) is 16.6 Å². The lowest BCUT2D eigenvalue weighted by Crippen LogP contribution is -2.14. The van der Waals surface area contributed by atoms with Crippen molar-refractivity contribution in [2.75, 3.05) is 25.6 Å². The number of carbonyl (C=O) groups is 2. The Balaban J connectivity index is 1.37. The number of fused-ring (bicyclic) bond motifs is 2. The molecule has 2 amide bonds. The van der Waals surface area contributed by atoms with Gasteiger partial charge in [0.15, 0.2) is 0 Å². The minimum atomic E-state index is -0.477. The summed E-state index contributed by atoms with van der Waals surface area (Å²) in [5.74, 6) is -0.130. The molecular formula is C26H24N6O4. The van der Waals surface area contributed by atoms with E-state index in [0.717, 1.165) is 16.5 Å². The van der Waals surface area contributed by atoms with Crippen molar-refractivity contribution in [2.24, 2.45) is 5.73 Å². The van der Waals surface area contributed by atoms with Crippen LogP contribution in [-0.2, 0) is 11.3 Å². The first-order valence-corrected chi connectivity index (χ1v) is 11.3. The monoisotopic (exact) mass is 484 g/mol. The molecule has 36 heavy (non-hydrogen) atoms. The summed E-state index contributed by atoms with van der Waals surface area (Å²) >= 11 is 0. The standard InChI is InChI=1S/C26H24N6O4/c1-35-10-11-36-19-8-9-31-23(15-28-24(31)13-19)26(34)30-21-6-3-7-22-20(21)14-29-32(22)16-17-4-2-5-18(12-17)25(27)33/h2-9,12-15H,10-11,16H2,1H3,(H2,27,33)(H,30,34). The summed E-state index contributed by atoms with van der Waals surface area (Å²) in [5.41, 5.74) is 9.19. The van der Waals surface area contributed by atoms with Crippen molar-refractivity contribution in [1.29, 1.82) is 0 Å². The maximum Gasteiger partial charge on any atom is 0.274 e. The van der Waals surface area contributed by atoms with Gasteiger partial charge in [-0.05, 0) is 35.9 Å². The molecule has 3 aromatic heterocycles. The molecule has 0 fully saturated rings. The highest BCUT2D eigenvalue weighted by Gasteiger charge is 2.16. The minimum absolute atomic E-state index is 0.301. The largest absolute Gasteiger partial charge is 0.491 e. The summed E-state index contributed by atoms with van der Waals surface area (Å²) in [7, 11) is 1.61. The fourth-order valence-corrected chi connectivity index (χ4v) is 3.98. The number of methoxy groups -OCH3 is 1. The second-order valence-corrected chi connectivity index (χ2v) is 8.13. The van der Waals surface area contributed by atoms with E-state index in [1.165, 1.54) is 6.20 Å². The van der Waals surface area contributed by atoms with E-state index < -0.39 is 5.91 Å². The lowest BCUT2D eigenvalue weighted by Gasteiger charge is -2.09. The van der Waals surface area contributed by atoms with Gasteiger partial charge in [-0.1, -0.05) is 18.2 Å². The molecular weight excluding hydrogens is 460 g/mol. The predicted molar refractivity (Wildman–Crippen MR) is 134 cm³/mol. The number of primary amides is 1. The maximum atomic E-state index is 13.1. The Bertz CT molecular complexity index is 1570. The van der Waals surface area contributed by atoms with Gasteiger partial charge >= 0.3 is 0 Å². The number of nitrogens with zero attached hydrogens (tertiary/aromatic N) is 4. The van der Waals surface area contributed by atoms with E-state index in [2.05, 4.69) is 15.4 Å². The Kier molecular flexibility index (Phi) is 6.33. The van der Waals surface area contributed by atoms with Crippen LogP contribution in [0.15, 0.2) is 73.2 Å². The molecule has 0 aliphatic heterocycles. The van der Waals surface area contributed by atoms with Crippen LogP contribution >= 0.6 is 0 Å². The number of rotatable bonds is 9. The zero-order valence-corrected chi connectivity index (χ0v) is 19.5. The van der Waals surface area contributed by atoms with E-state index in [1.807, 2.05) is 28.9 Å². The third-order valence-electron chi connectivity index (χ3n) is 5.75. The number of nitrogens with one attached hydrogen (secondary N) is 1. The second-order valence-electron chi connectivity index (χ2n) is 8.13. The van der Waals surface area contributed by atoms with Gasteiger partial charge in [0.05, 0.1) is 36.7 Å². The summed E-state index contributed by atoms with van der Waals surface area (Å²) in [4.78, 5) is 29.0. The quantitative estimate of drug-likeness (QED) is 0.310. The number of anilines is 1. The van der Waals surface area contributed by atoms with Crippen LogP contribution in [0.1, 0.15) is 26.4 Å². The zero-order chi connectivity index (χ0) is 25.1. The number of aromatic nitrogens is 4. The molecule has 2 aromatic carbocycles. The first-order chi connectivity index (χ1) is 17.5. The molecule has 0 unspecified atom stereocenters. The fraction of sp³-hybridized carbons (Fsp3) is 0.154. The average Bonchev–Trinajstić information content (AvgIpc) is 3.49. The SMILES string of the molecule is COCCOc1ccn2c(C(=O)Nc3cccc4c3cnn4Cc3cccc(C(N)=O)c3)cnc2c1. The van der Waals surface area contributed by atoms with Crippen LogP contribution in [-0.4, -0.2) is 51.3 Å². The first-order valence-electron chi connectivity index (χ1n) is 11.3. The number of hydrogen-bond donors (Lipinski definition) is 2. The normalized spacial score (nSPS) is 11.1. The van der Waals surface area contributed by atoms with Crippen LogP contribution in [0.5, 0.6) is 5.75 Å². The van der Waals surface area contributed by atoms with Gasteiger partial charge in [-0.2, -0.15) is 5.10 Å². The molecule has 3 heterocycles. The van der Waals surface area contributed by atoms with E-state index in [0.29, 0.717) is 48.1 Å². The van der Waals surface area contributed by atoms with E-state index in [9.17, 15) is 9.59 Å². The highest BCUT2D eigenvalue weighted by Crippen LogP contribution is 2.25. The van der Waals surface area contributed by atoms with Crippen molar-refractivity contribution in [1.82, 2.24) is 19.2 Å². The summed E-state index contributed by atoms with van der Waals surface area (Å²) in [6.07, 6.45) is 4.98. The molecule has 5 rings (SSSR count). The molecule has 10 nitrogen and oxygen atoms in total. The Morgan fingerprint density at radius 2 is 1.92 bits per heavy atom.